The van der Waals surface area contributed by atoms with Crippen molar-refractivity contribution >= 4 is 40.6 Å². The fourth-order valence-electron chi connectivity index (χ4n) is 7.99. The number of hydrogen-bond donors (Lipinski definition) is 1. The van der Waals surface area contributed by atoms with Crippen LogP contribution in [0.3, 0.4) is 0 Å². The third kappa shape index (κ3) is 4.98. The summed E-state index contributed by atoms with van der Waals surface area (Å²) in [6.07, 6.45) is 9.60. The average molecular weight is 575 g/mol. The number of ether oxygens (including phenoxy) is 3. The van der Waals surface area contributed by atoms with E-state index in [1.54, 1.807) is 24.3 Å². The number of hydrogen-bond acceptors (Lipinski definition) is 7. The quantitative estimate of drug-likeness (QED) is 0.406. The summed E-state index contributed by atoms with van der Waals surface area (Å²) in [5.41, 5.74) is 2.84. The number of anilines is 1. The second-order valence-electron chi connectivity index (χ2n) is 12.1. The molecule has 0 spiro atoms. The molecule has 0 atom stereocenters. The summed E-state index contributed by atoms with van der Waals surface area (Å²) in [5.74, 6) is 3.38. The van der Waals surface area contributed by atoms with Crippen molar-refractivity contribution in [2.24, 2.45) is 17.8 Å². The molecule has 8 nitrogen and oxygen atoms in total. The Balaban J connectivity index is 1.10. The molecule has 214 valence electrons. The molecule has 2 aliphatic heterocycles. The maximum absolute atomic E-state index is 13.3. The first-order valence-corrected chi connectivity index (χ1v) is 15.4. The molecule has 2 aromatic rings. The van der Waals surface area contributed by atoms with Gasteiger partial charge < -0.3 is 19.5 Å². The van der Waals surface area contributed by atoms with Crippen LogP contribution in [0.15, 0.2) is 41.3 Å². The average Bonchev–Trinajstić information content (AvgIpc) is 3.20. The third-order valence-electron chi connectivity index (χ3n) is 9.25. The Morgan fingerprint density at radius 1 is 1.02 bits per heavy atom. The summed E-state index contributed by atoms with van der Waals surface area (Å²) in [6, 6.07) is 11.5. The Bertz CT molecular complexity index is 1420. The minimum atomic E-state index is -0.472. The Morgan fingerprint density at radius 2 is 1.73 bits per heavy atom. The number of fused-ring (bicyclic) bond motifs is 1. The molecule has 0 radical (unpaired) electrons. The number of carbonyl (C=O) groups excluding carboxylic acids is 3. The maximum Gasteiger partial charge on any atom is 0.294 e. The van der Waals surface area contributed by atoms with E-state index in [9.17, 15) is 14.4 Å². The Hall–Kier alpha value is -3.46. The Morgan fingerprint density at radius 3 is 2.44 bits per heavy atom. The smallest absolute Gasteiger partial charge is 0.294 e. The van der Waals surface area contributed by atoms with Crippen LogP contribution in [-0.2, 0) is 15.0 Å². The van der Waals surface area contributed by atoms with E-state index in [0.29, 0.717) is 47.7 Å². The third-order valence-corrected chi connectivity index (χ3v) is 10.2. The van der Waals surface area contributed by atoms with Crippen molar-refractivity contribution < 1.29 is 28.6 Å². The highest BCUT2D eigenvalue weighted by atomic mass is 32.2. The minimum absolute atomic E-state index is 0.202. The SMILES string of the molecule is CCOc1ccc(C23CC4CC(CC(C4)C2)C3)cc1/C=C1/SC(=O)N(CC(=O)Nc2ccc3c(c2)OCCO3)C1=O. The minimum Gasteiger partial charge on any atom is -0.493 e. The maximum atomic E-state index is 13.3. The molecule has 4 bridgehead atoms. The van der Waals surface area contributed by atoms with Gasteiger partial charge in [0.2, 0.25) is 5.91 Å². The number of rotatable bonds is 7. The molecular formula is C32H34N2O6S. The predicted molar refractivity (Wildman–Crippen MR) is 156 cm³/mol. The zero-order chi connectivity index (χ0) is 28.1. The largest absolute Gasteiger partial charge is 0.493 e. The second-order valence-corrected chi connectivity index (χ2v) is 13.1. The standard InChI is InChI=1S/C32H34N2O6S/c1-2-38-25-5-3-23(32-15-19-9-20(16-32)11-21(10-19)17-32)12-22(25)13-28-30(36)34(31(37)41-28)18-29(35)33-24-4-6-26-27(14-24)40-8-7-39-26/h3-6,12-14,19-21H,2,7-11,15-18H2,1H3,(H,33,35)/b28-13+. The Kier molecular flexibility index (Phi) is 6.72. The number of nitrogens with zero attached hydrogens (tertiary/aromatic N) is 1. The van der Waals surface area contributed by atoms with Crippen molar-refractivity contribution in [3.8, 4) is 17.2 Å². The van der Waals surface area contributed by atoms with Gasteiger partial charge in [0.25, 0.3) is 11.1 Å². The van der Waals surface area contributed by atoms with E-state index in [1.165, 1.54) is 44.1 Å². The van der Waals surface area contributed by atoms with E-state index in [2.05, 4.69) is 17.4 Å². The van der Waals surface area contributed by atoms with Crippen molar-refractivity contribution in [2.75, 3.05) is 31.7 Å². The van der Waals surface area contributed by atoms with Crippen LogP contribution < -0.4 is 19.5 Å². The molecule has 6 aliphatic rings. The fraction of sp³-hybridized carbons (Fsp3) is 0.469. The lowest BCUT2D eigenvalue weighted by Crippen LogP contribution is -2.48. The van der Waals surface area contributed by atoms with E-state index in [0.717, 1.165) is 40.0 Å². The lowest BCUT2D eigenvalue weighted by atomic mass is 9.48. The highest BCUT2D eigenvalue weighted by molar-refractivity contribution is 8.18. The van der Waals surface area contributed by atoms with Crippen molar-refractivity contribution in [1.82, 2.24) is 4.90 Å². The highest BCUT2D eigenvalue weighted by Crippen LogP contribution is 2.61. The van der Waals surface area contributed by atoms with Crippen LogP contribution in [0.2, 0.25) is 0 Å². The summed E-state index contributed by atoms with van der Waals surface area (Å²) in [4.78, 5) is 40.3. The van der Waals surface area contributed by atoms with Gasteiger partial charge in [0, 0.05) is 17.3 Å². The molecular weight excluding hydrogens is 540 g/mol. The highest BCUT2D eigenvalue weighted by Gasteiger charge is 2.51. The molecule has 41 heavy (non-hydrogen) atoms. The van der Waals surface area contributed by atoms with Crippen molar-refractivity contribution in [2.45, 2.75) is 50.9 Å². The zero-order valence-corrected chi connectivity index (χ0v) is 24.0. The lowest BCUT2D eigenvalue weighted by Gasteiger charge is -2.57. The van der Waals surface area contributed by atoms with Gasteiger partial charge >= 0.3 is 0 Å². The summed E-state index contributed by atoms with van der Waals surface area (Å²) >= 11 is 0.862. The molecule has 8 rings (SSSR count). The molecule has 3 amide bonds. The van der Waals surface area contributed by atoms with Gasteiger partial charge in [-0.05, 0) is 116 Å². The van der Waals surface area contributed by atoms with Crippen LogP contribution in [0, 0.1) is 17.8 Å². The summed E-state index contributed by atoms with van der Waals surface area (Å²) in [5, 5.41) is 2.29. The molecule has 1 N–H and O–H groups in total. The van der Waals surface area contributed by atoms with Gasteiger partial charge in [0.1, 0.15) is 25.5 Å². The molecule has 5 fully saturated rings. The van der Waals surface area contributed by atoms with Gasteiger partial charge in [0.15, 0.2) is 11.5 Å². The number of thioether (sulfide) groups is 1. The predicted octanol–water partition coefficient (Wildman–Crippen LogP) is 6.00. The number of imide groups is 1. The van der Waals surface area contributed by atoms with Crippen LogP contribution in [-0.4, -0.2) is 48.3 Å². The summed E-state index contributed by atoms with van der Waals surface area (Å²) < 4.78 is 17.0. The lowest BCUT2D eigenvalue weighted by molar-refractivity contribution is -0.127. The number of nitrogens with one attached hydrogen (secondary N) is 1. The van der Waals surface area contributed by atoms with Gasteiger partial charge in [0.05, 0.1) is 11.5 Å². The van der Waals surface area contributed by atoms with E-state index in [4.69, 9.17) is 14.2 Å². The van der Waals surface area contributed by atoms with E-state index < -0.39 is 17.1 Å². The van der Waals surface area contributed by atoms with Crippen molar-refractivity contribution in [1.29, 1.82) is 0 Å². The van der Waals surface area contributed by atoms with Gasteiger partial charge in [-0.3, -0.25) is 19.3 Å². The van der Waals surface area contributed by atoms with Crippen molar-refractivity contribution in [3.05, 3.63) is 52.4 Å². The zero-order valence-electron chi connectivity index (χ0n) is 23.1. The molecule has 0 aromatic heterocycles. The normalized spacial score (nSPS) is 28.9. The molecule has 4 aliphatic carbocycles. The van der Waals surface area contributed by atoms with Crippen LogP contribution in [0.4, 0.5) is 10.5 Å². The van der Waals surface area contributed by atoms with Gasteiger partial charge in [-0.2, -0.15) is 0 Å². The number of benzene rings is 2. The van der Waals surface area contributed by atoms with Gasteiger partial charge in [-0.15, -0.1) is 0 Å². The molecule has 4 saturated carbocycles. The molecule has 1 saturated heterocycles. The van der Waals surface area contributed by atoms with Crippen LogP contribution >= 0.6 is 11.8 Å². The van der Waals surface area contributed by atoms with Crippen LogP contribution in [0.25, 0.3) is 6.08 Å². The molecule has 9 heteroatoms. The van der Waals surface area contributed by atoms with Crippen LogP contribution in [0.1, 0.15) is 56.6 Å². The monoisotopic (exact) mass is 574 g/mol. The topological polar surface area (TPSA) is 94.2 Å². The van der Waals surface area contributed by atoms with Crippen LogP contribution in [0.5, 0.6) is 17.2 Å². The van der Waals surface area contributed by atoms with Gasteiger partial charge in [-0.1, -0.05) is 6.07 Å². The first kappa shape index (κ1) is 26.4. The van der Waals surface area contributed by atoms with Crippen molar-refractivity contribution in [3.63, 3.8) is 0 Å². The first-order valence-electron chi connectivity index (χ1n) is 14.6. The van der Waals surface area contributed by atoms with E-state index in [-0.39, 0.29) is 12.0 Å². The number of amides is 3. The molecule has 2 heterocycles. The number of carbonyl (C=O) groups is 3. The van der Waals surface area contributed by atoms with E-state index in [1.807, 2.05) is 13.0 Å². The van der Waals surface area contributed by atoms with Gasteiger partial charge in [-0.25, -0.2) is 0 Å². The summed E-state index contributed by atoms with van der Waals surface area (Å²) in [7, 11) is 0. The molecule has 0 unspecified atom stereocenters. The fourth-order valence-corrected chi connectivity index (χ4v) is 8.81. The Labute approximate surface area is 243 Å². The van der Waals surface area contributed by atoms with E-state index >= 15 is 0 Å². The first-order chi connectivity index (χ1) is 19.9. The summed E-state index contributed by atoms with van der Waals surface area (Å²) in [6.45, 7) is 2.97. The second kappa shape index (κ2) is 10.4. The molecule has 2 aromatic carbocycles.